The fourth-order valence-corrected chi connectivity index (χ4v) is 7.01. The van der Waals surface area contributed by atoms with Gasteiger partial charge in [-0.3, -0.25) is 0 Å². The second kappa shape index (κ2) is 9.83. The molecular formula is C30H44N6O4. The molecule has 0 bridgehead atoms. The molecule has 2 fully saturated rings. The first-order valence-corrected chi connectivity index (χ1v) is 14.7. The zero-order valence-electron chi connectivity index (χ0n) is 24.2. The van der Waals surface area contributed by atoms with Gasteiger partial charge in [-0.2, -0.15) is 9.97 Å². The lowest BCUT2D eigenvalue weighted by Gasteiger charge is -2.40. The first-order chi connectivity index (χ1) is 18.9. The van der Waals surface area contributed by atoms with Gasteiger partial charge in [0.1, 0.15) is 11.2 Å². The summed E-state index contributed by atoms with van der Waals surface area (Å²) in [6.45, 7) is 11.2. The van der Waals surface area contributed by atoms with E-state index < -0.39 is 12.2 Å². The van der Waals surface area contributed by atoms with Gasteiger partial charge >= 0.3 is 0 Å². The highest BCUT2D eigenvalue weighted by atomic mass is 16.5. The third kappa shape index (κ3) is 5.11. The van der Waals surface area contributed by atoms with E-state index in [4.69, 9.17) is 30.9 Å². The Labute approximate surface area is 236 Å². The average Bonchev–Trinajstić information content (AvgIpc) is 3.38. The van der Waals surface area contributed by atoms with Crippen LogP contribution in [0.3, 0.4) is 0 Å². The van der Waals surface area contributed by atoms with Crippen molar-refractivity contribution >= 4 is 23.0 Å². The number of nitrogen functional groups attached to an aromatic ring is 2. The number of aromatic nitrogens is 2. The van der Waals surface area contributed by atoms with E-state index in [1.54, 1.807) is 0 Å². The maximum absolute atomic E-state index is 11.2. The van der Waals surface area contributed by atoms with Gasteiger partial charge in [-0.1, -0.05) is 0 Å². The summed E-state index contributed by atoms with van der Waals surface area (Å²) in [5.74, 6) is 2.92. The Balaban J connectivity index is 1.03. The number of hydrogen-bond donors (Lipinski definition) is 4. The standard InChI is InChI=1S/C30H44N6O4/c1-29(2)15-19-13-21(31)25(33-27(19)39-29)35-9-5-17(6-10-35)23(37)24(38)18-7-11-36(12-8-18)26-22(32)14-20-16-30(3,4)40-28(20)34-26/h13-14,17-18,23-24,37-38H,5-12,15-16,31-32H2,1-4H3. The number of rotatable bonds is 5. The minimum Gasteiger partial charge on any atom is -0.471 e. The van der Waals surface area contributed by atoms with E-state index in [0.717, 1.165) is 87.5 Å². The number of nitrogens with zero attached hydrogens (tertiary/aromatic N) is 4. The molecule has 0 spiro atoms. The highest BCUT2D eigenvalue weighted by molar-refractivity contribution is 5.67. The molecule has 6 rings (SSSR count). The molecule has 2 aromatic heterocycles. The third-order valence-electron chi connectivity index (χ3n) is 9.11. The molecule has 0 aliphatic carbocycles. The topological polar surface area (TPSA) is 143 Å². The highest BCUT2D eigenvalue weighted by Gasteiger charge is 2.38. The molecule has 0 aromatic carbocycles. The van der Waals surface area contributed by atoms with Gasteiger partial charge in [0, 0.05) is 50.1 Å². The van der Waals surface area contributed by atoms with E-state index in [-0.39, 0.29) is 23.0 Å². The van der Waals surface area contributed by atoms with Crippen molar-refractivity contribution in [2.75, 3.05) is 47.4 Å². The van der Waals surface area contributed by atoms with Crippen LogP contribution in [0, 0.1) is 11.8 Å². The van der Waals surface area contributed by atoms with Crippen LogP contribution in [-0.4, -0.2) is 69.8 Å². The van der Waals surface area contributed by atoms with Crippen LogP contribution < -0.4 is 30.7 Å². The molecule has 2 aromatic rings. The Morgan fingerprint density at radius 3 is 1.43 bits per heavy atom. The van der Waals surface area contributed by atoms with Gasteiger partial charge in [0.25, 0.3) is 0 Å². The number of piperidine rings is 2. The Bertz CT molecular complexity index is 1170. The fraction of sp³-hybridized carbons (Fsp3) is 0.667. The minimum atomic E-state index is -0.757. The van der Waals surface area contributed by atoms with Crippen molar-refractivity contribution in [2.45, 2.75) is 89.6 Å². The summed E-state index contributed by atoms with van der Waals surface area (Å²) in [6, 6.07) is 3.98. The molecule has 2 saturated heterocycles. The monoisotopic (exact) mass is 552 g/mol. The van der Waals surface area contributed by atoms with E-state index in [2.05, 4.69) is 37.5 Å². The second-order valence-electron chi connectivity index (χ2n) is 13.4. The number of anilines is 4. The molecule has 40 heavy (non-hydrogen) atoms. The highest BCUT2D eigenvalue weighted by Crippen LogP contribution is 2.41. The molecule has 4 aliphatic heterocycles. The summed E-state index contributed by atoms with van der Waals surface area (Å²) in [4.78, 5) is 13.9. The SMILES string of the molecule is CC1(C)Cc2cc(N)c(N3CCC(C(O)C(O)C4CCN(c5nc6c(cc5N)CC(C)(C)O6)CC4)CC3)nc2O1. The van der Waals surface area contributed by atoms with Crippen LogP contribution in [0.15, 0.2) is 12.1 Å². The molecule has 10 nitrogen and oxygen atoms in total. The van der Waals surface area contributed by atoms with Gasteiger partial charge in [-0.25, -0.2) is 0 Å². The quantitative estimate of drug-likeness (QED) is 0.437. The van der Waals surface area contributed by atoms with Crippen LogP contribution in [0.4, 0.5) is 23.0 Å². The summed E-state index contributed by atoms with van der Waals surface area (Å²) in [5, 5.41) is 22.4. The second-order valence-corrected chi connectivity index (χ2v) is 13.4. The number of aliphatic hydroxyl groups is 2. The van der Waals surface area contributed by atoms with Crippen LogP contribution in [0.5, 0.6) is 11.8 Å². The molecule has 10 heteroatoms. The van der Waals surface area contributed by atoms with Crippen molar-refractivity contribution in [3.8, 4) is 11.8 Å². The van der Waals surface area contributed by atoms with Gasteiger partial charge in [0.15, 0.2) is 11.6 Å². The number of ether oxygens (including phenoxy) is 2. The molecule has 2 unspecified atom stereocenters. The summed E-state index contributed by atoms with van der Waals surface area (Å²) in [5.41, 5.74) is 15.7. The third-order valence-corrected chi connectivity index (χ3v) is 9.11. The Hall–Kier alpha value is -2.98. The normalized spacial score (nSPS) is 23.8. The zero-order valence-corrected chi connectivity index (χ0v) is 24.2. The van der Waals surface area contributed by atoms with Gasteiger partial charge in [0.05, 0.1) is 23.6 Å². The predicted molar refractivity (Wildman–Crippen MR) is 156 cm³/mol. The fourth-order valence-electron chi connectivity index (χ4n) is 7.01. The Morgan fingerprint density at radius 1 is 0.725 bits per heavy atom. The first kappa shape index (κ1) is 27.2. The summed E-state index contributed by atoms with van der Waals surface area (Å²) < 4.78 is 12.0. The maximum atomic E-state index is 11.2. The van der Waals surface area contributed by atoms with Crippen LogP contribution in [0.2, 0.25) is 0 Å². The number of aliphatic hydroxyl groups excluding tert-OH is 2. The van der Waals surface area contributed by atoms with Crippen molar-refractivity contribution in [1.29, 1.82) is 0 Å². The predicted octanol–water partition coefficient (Wildman–Crippen LogP) is 2.92. The van der Waals surface area contributed by atoms with E-state index in [0.29, 0.717) is 23.1 Å². The summed E-state index contributed by atoms with van der Waals surface area (Å²) in [6.07, 6.45) is 3.17. The number of pyridine rings is 2. The molecular weight excluding hydrogens is 508 g/mol. The van der Waals surface area contributed by atoms with Crippen molar-refractivity contribution < 1.29 is 19.7 Å². The smallest absolute Gasteiger partial charge is 0.219 e. The van der Waals surface area contributed by atoms with Gasteiger partial charge < -0.3 is 41.0 Å². The first-order valence-electron chi connectivity index (χ1n) is 14.7. The zero-order chi connectivity index (χ0) is 28.4. The average molecular weight is 553 g/mol. The number of nitrogens with two attached hydrogens (primary N) is 2. The van der Waals surface area contributed by atoms with Crippen LogP contribution in [-0.2, 0) is 12.8 Å². The van der Waals surface area contributed by atoms with Crippen molar-refractivity contribution in [3.05, 3.63) is 23.3 Å². The lowest BCUT2D eigenvalue weighted by atomic mass is 9.81. The van der Waals surface area contributed by atoms with Crippen LogP contribution in [0.1, 0.15) is 64.5 Å². The maximum Gasteiger partial charge on any atom is 0.219 e. The number of fused-ring (bicyclic) bond motifs is 2. The molecule has 0 amide bonds. The van der Waals surface area contributed by atoms with Gasteiger partial charge in [-0.15, -0.1) is 0 Å². The molecule has 4 aliphatic rings. The largest absolute Gasteiger partial charge is 0.471 e. The molecule has 218 valence electrons. The van der Waals surface area contributed by atoms with Crippen LogP contribution >= 0.6 is 0 Å². The molecule has 6 N–H and O–H groups in total. The van der Waals surface area contributed by atoms with E-state index in [9.17, 15) is 10.2 Å². The van der Waals surface area contributed by atoms with Gasteiger partial charge in [0.2, 0.25) is 11.8 Å². The lowest BCUT2D eigenvalue weighted by molar-refractivity contribution is -0.0573. The van der Waals surface area contributed by atoms with Crippen molar-refractivity contribution in [2.24, 2.45) is 11.8 Å². The summed E-state index contributed by atoms with van der Waals surface area (Å²) in [7, 11) is 0. The van der Waals surface area contributed by atoms with Gasteiger partial charge in [-0.05, 0) is 77.3 Å². The van der Waals surface area contributed by atoms with E-state index in [1.807, 2.05) is 12.1 Å². The molecule has 0 radical (unpaired) electrons. The Kier molecular flexibility index (Phi) is 6.69. The van der Waals surface area contributed by atoms with Crippen molar-refractivity contribution in [3.63, 3.8) is 0 Å². The Morgan fingerprint density at radius 2 is 1.07 bits per heavy atom. The summed E-state index contributed by atoms with van der Waals surface area (Å²) >= 11 is 0. The van der Waals surface area contributed by atoms with E-state index >= 15 is 0 Å². The lowest BCUT2D eigenvalue weighted by Crippen LogP contribution is -2.47. The van der Waals surface area contributed by atoms with E-state index in [1.165, 1.54) is 0 Å². The van der Waals surface area contributed by atoms with Crippen molar-refractivity contribution in [1.82, 2.24) is 9.97 Å². The molecule has 0 saturated carbocycles. The number of hydrogen-bond acceptors (Lipinski definition) is 10. The van der Waals surface area contributed by atoms with Crippen LogP contribution in [0.25, 0.3) is 0 Å². The minimum absolute atomic E-state index is 0.0321. The molecule has 6 heterocycles. The molecule has 2 atom stereocenters.